The highest BCUT2D eigenvalue weighted by molar-refractivity contribution is 5.87. The van der Waals surface area contributed by atoms with Crippen LogP contribution in [0.1, 0.15) is 57.4 Å². The Hall–Kier alpha value is -1.49. The Bertz CT molecular complexity index is 527. The molecule has 0 bridgehead atoms. The van der Waals surface area contributed by atoms with E-state index in [2.05, 4.69) is 31.1 Å². The number of amides is 1. The van der Waals surface area contributed by atoms with Crippen LogP contribution < -0.4 is 5.32 Å². The highest BCUT2D eigenvalue weighted by Crippen LogP contribution is 2.42. The Kier molecular flexibility index (Phi) is 4.33. The Morgan fingerprint density at radius 1 is 1.57 bits per heavy atom. The molecule has 5 heteroatoms. The molecular formula is C16H23FN2O2. The van der Waals surface area contributed by atoms with Crippen molar-refractivity contribution in [3.05, 3.63) is 29.6 Å². The first-order valence-corrected chi connectivity index (χ1v) is 7.35. The standard InChI is InChI=1S/C16H23FN2O2/c1-15(2,3)8-10-19-14(21)16(17)7-6-12(20)13-11(16)5-4-9-18-13/h4-5,9,12,20H,6-8,10H2,1-3H3,(H,19,21)/t12-,16-/m0/s1. The number of aliphatic hydroxyl groups excluding tert-OH is 1. The van der Waals surface area contributed by atoms with Crippen molar-refractivity contribution in [1.82, 2.24) is 10.3 Å². The van der Waals surface area contributed by atoms with Crippen LogP contribution in [0.3, 0.4) is 0 Å². The molecule has 1 amide bonds. The number of fused-ring (bicyclic) bond motifs is 1. The van der Waals surface area contributed by atoms with Gasteiger partial charge in [-0.2, -0.15) is 0 Å². The SMILES string of the molecule is CC(C)(C)CCNC(=O)[C@]1(F)CC[C@H](O)c2ncccc21. The van der Waals surface area contributed by atoms with Gasteiger partial charge in [-0.15, -0.1) is 0 Å². The normalized spacial score (nSPS) is 25.3. The minimum atomic E-state index is -2.10. The molecule has 116 valence electrons. The fourth-order valence-electron chi connectivity index (χ4n) is 2.55. The van der Waals surface area contributed by atoms with Crippen molar-refractivity contribution >= 4 is 5.91 Å². The lowest BCUT2D eigenvalue weighted by Crippen LogP contribution is -2.45. The van der Waals surface area contributed by atoms with E-state index in [-0.39, 0.29) is 29.5 Å². The lowest BCUT2D eigenvalue weighted by Gasteiger charge is -2.32. The third kappa shape index (κ3) is 3.40. The van der Waals surface area contributed by atoms with Gasteiger partial charge in [0.15, 0.2) is 0 Å². The fourth-order valence-corrected chi connectivity index (χ4v) is 2.55. The molecule has 4 nitrogen and oxygen atoms in total. The second-order valence-electron chi connectivity index (χ2n) is 6.86. The van der Waals surface area contributed by atoms with Gasteiger partial charge in [0.05, 0.1) is 11.8 Å². The minimum Gasteiger partial charge on any atom is -0.387 e. The monoisotopic (exact) mass is 294 g/mol. The molecule has 1 heterocycles. The van der Waals surface area contributed by atoms with Gasteiger partial charge in [0, 0.05) is 18.3 Å². The number of alkyl halides is 1. The first kappa shape index (κ1) is 15.9. The predicted molar refractivity (Wildman–Crippen MR) is 78.3 cm³/mol. The minimum absolute atomic E-state index is 0.0196. The maximum Gasteiger partial charge on any atom is 0.262 e. The van der Waals surface area contributed by atoms with E-state index in [1.165, 1.54) is 12.3 Å². The van der Waals surface area contributed by atoms with E-state index < -0.39 is 17.7 Å². The number of nitrogens with one attached hydrogen (secondary N) is 1. The van der Waals surface area contributed by atoms with Crippen molar-refractivity contribution in [3.8, 4) is 0 Å². The molecule has 2 rings (SSSR count). The van der Waals surface area contributed by atoms with E-state index in [0.29, 0.717) is 6.54 Å². The molecule has 0 saturated carbocycles. The maximum atomic E-state index is 15.2. The number of halogens is 1. The van der Waals surface area contributed by atoms with Gasteiger partial charge in [0.1, 0.15) is 0 Å². The van der Waals surface area contributed by atoms with Gasteiger partial charge in [-0.1, -0.05) is 26.8 Å². The van der Waals surface area contributed by atoms with Gasteiger partial charge in [-0.3, -0.25) is 9.78 Å². The van der Waals surface area contributed by atoms with Crippen LogP contribution in [0.15, 0.2) is 18.3 Å². The summed E-state index contributed by atoms with van der Waals surface area (Å²) in [5.41, 5.74) is -1.55. The highest BCUT2D eigenvalue weighted by Gasteiger charge is 2.46. The fraction of sp³-hybridized carbons (Fsp3) is 0.625. The average Bonchev–Trinajstić information content (AvgIpc) is 2.42. The van der Waals surface area contributed by atoms with Crippen LogP contribution in [-0.4, -0.2) is 22.5 Å². The molecule has 0 unspecified atom stereocenters. The summed E-state index contributed by atoms with van der Waals surface area (Å²) in [5, 5.41) is 12.6. The molecule has 2 N–H and O–H groups in total. The molecule has 21 heavy (non-hydrogen) atoms. The number of carbonyl (C=O) groups excluding carboxylic acids is 1. The van der Waals surface area contributed by atoms with Crippen LogP contribution in [0.25, 0.3) is 0 Å². The molecule has 1 aliphatic carbocycles. The van der Waals surface area contributed by atoms with Crippen LogP contribution in [0.2, 0.25) is 0 Å². The zero-order valence-corrected chi connectivity index (χ0v) is 12.8. The van der Waals surface area contributed by atoms with Crippen LogP contribution >= 0.6 is 0 Å². The largest absolute Gasteiger partial charge is 0.387 e. The summed E-state index contributed by atoms with van der Waals surface area (Å²) >= 11 is 0. The Balaban J connectivity index is 2.15. The number of hydrogen-bond donors (Lipinski definition) is 2. The summed E-state index contributed by atoms with van der Waals surface area (Å²) in [6, 6.07) is 3.13. The van der Waals surface area contributed by atoms with Crippen molar-refractivity contribution in [1.29, 1.82) is 0 Å². The lowest BCUT2D eigenvalue weighted by molar-refractivity contribution is -0.135. The van der Waals surface area contributed by atoms with Crippen molar-refractivity contribution in [2.45, 2.75) is 51.8 Å². The molecule has 0 fully saturated rings. The second-order valence-corrected chi connectivity index (χ2v) is 6.86. The first-order valence-electron chi connectivity index (χ1n) is 7.35. The first-order chi connectivity index (χ1) is 9.74. The van der Waals surface area contributed by atoms with E-state index in [0.717, 1.165) is 6.42 Å². The van der Waals surface area contributed by atoms with E-state index in [1.54, 1.807) is 6.07 Å². The second kappa shape index (κ2) is 5.72. The number of rotatable bonds is 3. The Morgan fingerprint density at radius 3 is 2.95 bits per heavy atom. The summed E-state index contributed by atoms with van der Waals surface area (Å²) in [6.07, 6.45) is 1.66. The molecule has 2 atom stereocenters. The molecule has 0 aliphatic heterocycles. The van der Waals surface area contributed by atoms with E-state index >= 15 is 4.39 Å². The van der Waals surface area contributed by atoms with Crippen LogP contribution in [0, 0.1) is 5.41 Å². The van der Waals surface area contributed by atoms with Gasteiger partial charge in [-0.05, 0) is 30.7 Å². The van der Waals surface area contributed by atoms with Crippen molar-refractivity contribution in [2.75, 3.05) is 6.54 Å². The molecule has 0 radical (unpaired) electrons. The van der Waals surface area contributed by atoms with Crippen molar-refractivity contribution in [2.24, 2.45) is 5.41 Å². The number of aliphatic hydroxyl groups is 1. The average molecular weight is 294 g/mol. The summed E-state index contributed by atoms with van der Waals surface area (Å²) in [7, 11) is 0. The van der Waals surface area contributed by atoms with Crippen molar-refractivity contribution < 1.29 is 14.3 Å². The van der Waals surface area contributed by atoms with E-state index in [9.17, 15) is 9.90 Å². The quantitative estimate of drug-likeness (QED) is 0.901. The van der Waals surface area contributed by atoms with Gasteiger partial charge < -0.3 is 10.4 Å². The van der Waals surface area contributed by atoms with Crippen molar-refractivity contribution in [3.63, 3.8) is 0 Å². The number of pyridine rings is 1. The number of aromatic nitrogens is 1. The van der Waals surface area contributed by atoms with Crippen LogP contribution in [-0.2, 0) is 10.5 Å². The van der Waals surface area contributed by atoms with E-state index in [4.69, 9.17) is 0 Å². The topological polar surface area (TPSA) is 62.2 Å². The number of nitrogens with zero attached hydrogens (tertiary/aromatic N) is 1. The zero-order valence-electron chi connectivity index (χ0n) is 12.8. The highest BCUT2D eigenvalue weighted by atomic mass is 19.1. The summed E-state index contributed by atoms with van der Waals surface area (Å²) < 4.78 is 15.2. The molecule has 1 aromatic rings. The van der Waals surface area contributed by atoms with Crippen LogP contribution in [0.5, 0.6) is 0 Å². The van der Waals surface area contributed by atoms with Gasteiger partial charge in [0.2, 0.25) is 5.67 Å². The Labute approximate surface area is 124 Å². The van der Waals surface area contributed by atoms with E-state index in [1.807, 2.05) is 0 Å². The Morgan fingerprint density at radius 2 is 2.29 bits per heavy atom. The molecule has 1 aliphatic rings. The third-order valence-electron chi connectivity index (χ3n) is 3.86. The lowest BCUT2D eigenvalue weighted by atomic mass is 9.81. The third-order valence-corrected chi connectivity index (χ3v) is 3.86. The molecule has 0 saturated heterocycles. The van der Waals surface area contributed by atoms with Gasteiger partial charge in [-0.25, -0.2) is 4.39 Å². The molecule has 0 aromatic carbocycles. The molecule has 1 aromatic heterocycles. The summed E-state index contributed by atoms with van der Waals surface area (Å²) in [6.45, 7) is 6.65. The number of carbonyl (C=O) groups is 1. The number of hydrogen-bond acceptors (Lipinski definition) is 3. The molecular weight excluding hydrogens is 271 g/mol. The maximum absolute atomic E-state index is 15.2. The van der Waals surface area contributed by atoms with Crippen LogP contribution in [0.4, 0.5) is 4.39 Å². The summed E-state index contributed by atoms with van der Waals surface area (Å²) in [5.74, 6) is -0.632. The molecule has 0 spiro atoms. The summed E-state index contributed by atoms with van der Waals surface area (Å²) in [4.78, 5) is 16.3. The van der Waals surface area contributed by atoms with Gasteiger partial charge in [0.25, 0.3) is 5.91 Å². The van der Waals surface area contributed by atoms with Gasteiger partial charge >= 0.3 is 0 Å². The zero-order chi connectivity index (χ0) is 15.7. The predicted octanol–water partition coefficient (Wildman–Crippen LogP) is 2.63. The smallest absolute Gasteiger partial charge is 0.262 e.